The Bertz CT molecular complexity index is 550. The average Bonchev–Trinajstić information content (AvgIpc) is 2.53. The van der Waals surface area contributed by atoms with Crippen LogP contribution in [0.4, 0.5) is 0 Å². The van der Waals surface area contributed by atoms with Crippen LogP contribution in [0.5, 0.6) is 5.75 Å². The van der Waals surface area contributed by atoms with Gasteiger partial charge in [0.05, 0.1) is 5.52 Å². The zero-order valence-corrected chi connectivity index (χ0v) is 8.37. The summed E-state index contributed by atoms with van der Waals surface area (Å²) in [6.07, 6.45) is 0. The first-order valence-corrected chi connectivity index (χ1v) is 4.55. The highest BCUT2D eigenvalue weighted by Crippen LogP contribution is 2.18. The SMILES string of the molecule is C=C(C)COc1ccc2oc(=O)[nH]c2c1. The summed E-state index contributed by atoms with van der Waals surface area (Å²) in [6.45, 7) is 6.09. The van der Waals surface area contributed by atoms with Gasteiger partial charge in [0.15, 0.2) is 5.58 Å². The molecule has 1 heterocycles. The maximum absolute atomic E-state index is 10.9. The van der Waals surface area contributed by atoms with E-state index in [0.29, 0.717) is 23.5 Å². The van der Waals surface area contributed by atoms with Crippen molar-refractivity contribution in [2.75, 3.05) is 6.61 Å². The van der Waals surface area contributed by atoms with Crippen molar-refractivity contribution >= 4 is 11.1 Å². The highest BCUT2D eigenvalue weighted by molar-refractivity contribution is 5.73. The lowest BCUT2D eigenvalue weighted by Gasteiger charge is -2.04. The number of benzene rings is 1. The van der Waals surface area contributed by atoms with Gasteiger partial charge in [-0.3, -0.25) is 4.98 Å². The van der Waals surface area contributed by atoms with Crippen LogP contribution in [-0.2, 0) is 0 Å². The third-order valence-electron chi connectivity index (χ3n) is 1.88. The van der Waals surface area contributed by atoms with Crippen molar-refractivity contribution in [1.82, 2.24) is 4.98 Å². The van der Waals surface area contributed by atoms with Gasteiger partial charge in [-0.2, -0.15) is 0 Å². The second-order valence-electron chi connectivity index (χ2n) is 3.42. The Kier molecular flexibility index (Phi) is 2.33. The molecule has 2 rings (SSSR count). The zero-order valence-electron chi connectivity index (χ0n) is 8.37. The lowest BCUT2D eigenvalue weighted by molar-refractivity contribution is 0.353. The van der Waals surface area contributed by atoms with Gasteiger partial charge in [-0.05, 0) is 24.6 Å². The Morgan fingerprint density at radius 3 is 3.13 bits per heavy atom. The molecule has 1 aromatic heterocycles. The minimum Gasteiger partial charge on any atom is -0.489 e. The molecule has 0 atom stereocenters. The van der Waals surface area contributed by atoms with E-state index in [1.807, 2.05) is 6.92 Å². The highest BCUT2D eigenvalue weighted by atomic mass is 16.5. The van der Waals surface area contributed by atoms with Gasteiger partial charge in [-0.25, -0.2) is 4.79 Å². The fraction of sp³-hybridized carbons (Fsp3) is 0.182. The Morgan fingerprint density at radius 2 is 2.40 bits per heavy atom. The van der Waals surface area contributed by atoms with E-state index in [9.17, 15) is 4.79 Å². The molecular formula is C11H11NO3. The number of ether oxygens (including phenoxy) is 1. The first-order valence-electron chi connectivity index (χ1n) is 4.55. The number of fused-ring (bicyclic) bond motifs is 1. The smallest absolute Gasteiger partial charge is 0.417 e. The Balaban J connectivity index is 2.30. The predicted octanol–water partition coefficient (Wildman–Crippen LogP) is 2.08. The van der Waals surface area contributed by atoms with E-state index in [-0.39, 0.29) is 0 Å². The van der Waals surface area contributed by atoms with Gasteiger partial charge in [0, 0.05) is 6.07 Å². The molecule has 2 aromatic rings. The van der Waals surface area contributed by atoms with Crippen LogP contribution in [0.1, 0.15) is 6.92 Å². The van der Waals surface area contributed by atoms with E-state index < -0.39 is 5.76 Å². The second-order valence-corrected chi connectivity index (χ2v) is 3.42. The first kappa shape index (κ1) is 9.58. The summed E-state index contributed by atoms with van der Waals surface area (Å²) >= 11 is 0. The molecule has 1 aromatic carbocycles. The fourth-order valence-electron chi connectivity index (χ4n) is 1.23. The molecule has 0 aliphatic carbocycles. The van der Waals surface area contributed by atoms with Crippen molar-refractivity contribution in [3.63, 3.8) is 0 Å². The van der Waals surface area contributed by atoms with E-state index in [4.69, 9.17) is 9.15 Å². The summed E-state index contributed by atoms with van der Waals surface area (Å²) in [5, 5.41) is 0. The minimum atomic E-state index is -0.456. The van der Waals surface area contributed by atoms with Crippen LogP contribution in [0.2, 0.25) is 0 Å². The average molecular weight is 205 g/mol. The molecule has 4 nitrogen and oxygen atoms in total. The van der Waals surface area contributed by atoms with E-state index in [1.165, 1.54) is 0 Å². The molecule has 1 N–H and O–H groups in total. The summed E-state index contributed by atoms with van der Waals surface area (Å²) in [4.78, 5) is 13.5. The molecule has 0 unspecified atom stereocenters. The van der Waals surface area contributed by atoms with Gasteiger partial charge in [0.2, 0.25) is 0 Å². The Labute approximate surface area is 86.2 Å². The van der Waals surface area contributed by atoms with Crippen LogP contribution < -0.4 is 10.5 Å². The molecule has 0 saturated carbocycles. The van der Waals surface area contributed by atoms with E-state index in [0.717, 1.165) is 5.57 Å². The Hall–Kier alpha value is -1.97. The highest BCUT2D eigenvalue weighted by Gasteiger charge is 2.02. The third-order valence-corrected chi connectivity index (χ3v) is 1.88. The Morgan fingerprint density at radius 1 is 1.60 bits per heavy atom. The van der Waals surface area contributed by atoms with E-state index >= 15 is 0 Å². The molecule has 15 heavy (non-hydrogen) atoms. The predicted molar refractivity (Wildman–Crippen MR) is 57.1 cm³/mol. The summed E-state index contributed by atoms with van der Waals surface area (Å²) in [6, 6.07) is 5.17. The van der Waals surface area contributed by atoms with Crippen LogP contribution >= 0.6 is 0 Å². The second kappa shape index (κ2) is 3.65. The molecule has 0 saturated heterocycles. The van der Waals surface area contributed by atoms with Crippen molar-refractivity contribution < 1.29 is 9.15 Å². The van der Waals surface area contributed by atoms with Crippen LogP contribution in [-0.4, -0.2) is 11.6 Å². The fourth-order valence-corrected chi connectivity index (χ4v) is 1.23. The van der Waals surface area contributed by atoms with Crippen LogP contribution in [0.25, 0.3) is 11.1 Å². The molecular weight excluding hydrogens is 194 g/mol. The van der Waals surface area contributed by atoms with Gasteiger partial charge in [0.25, 0.3) is 0 Å². The summed E-state index contributed by atoms with van der Waals surface area (Å²) in [5.74, 6) is 0.226. The number of aromatic amines is 1. The molecule has 0 bridgehead atoms. The molecule has 0 amide bonds. The van der Waals surface area contributed by atoms with Crippen LogP contribution in [0.3, 0.4) is 0 Å². The molecule has 0 aliphatic rings. The normalized spacial score (nSPS) is 10.5. The van der Waals surface area contributed by atoms with Crippen molar-refractivity contribution in [3.8, 4) is 5.75 Å². The summed E-state index contributed by atoms with van der Waals surface area (Å²) < 4.78 is 10.3. The summed E-state index contributed by atoms with van der Waals surface area (Å²) in [7, 11) is 0. The van der Waals surface area contributed by atoms with Gasteiger partial charge < -0.3 is 9.15 Å². The van der Waals surface area contributed by atoms with Gasteiger partial charge in [0.1, 0.15) is 12.4 Å². The van der Waals surface area contributed by atoms with Crippen molar-refractivity contribution in [2.45, 2.75) is 6.92 Å². The number of oxazole rings is 1. The molecule has 0 aliphatic heterocycles. The van der Waals surface area contributed by atoms with E-state index in [1.54, 1.807) is 18.2 Å². The van der Waals surface area contributed by atoms with Gasteiger partial charge >= 0.3 is 5.76 Å². The lowest BCUT2D eigenvalue weighted by atomic mass is 10.3. The first-order chi connectivity index (χ1) is 7.15. The number of aromatic nitrogens is 1. The lowest BCUT2D eigenvalue weighted by Crippen LogP contribution is -1.97. The standard InChI is InChI=1S/C11H11NO3/c1-7(2)6-14-8-3-4-10-9(5-8)12-11(13)15-10/h3-5H,1,6H2,2H3,(H,12,13). The van der Waals surface area contributed by atoms with Crippen LogP contribution in [0.15, 0.2) is 39.6 Å². The minimum absolute atomic E-state index is 0.456. The number of hydrogen-bond donors (Lipinski definition) is 1. The maximum atomic E-state index is 10.9. The largest absolute Gasteiger partial charge is 0.489 e. The van der Waals surface area contributed by atoms with E-state index in [2.05, 4.69) is 11.6 Å². The summed E-state index contributed by atoms with van der Waals surface area (Å²) in [5.41, 5.74) is 2.11. The number of H-pyrrole nitrogens is 1. The zero-order chi connectivity index (χ0) is 10.8. The molecule has 4 heteroatoms. The molecule has 0 fully saturated rings. The number of rotatable bonds is 3. The molecule has 78 valence electrons. The van der Waals surface area contributed by atoms with Crippen molar-refractivity contribution in [1.29, 1.82) is 0 Å². The van der Waals surface area contributed by atoms with Crippen molar-refractivity contribution in [2.24, 2.45) is 0 Å². The quantitative estimate of drug-likeness (QED) is 0.780. The van der Waals surface area contributed by atoms with Crippen LogP contribution in [0, 0.1) is 0 Å². The maximum Gasteiger partial charge on any atom is 0.417 e. The van der Waals surface area contributed by atoms with Crippen molar-refractivity contribution in [3.05, 3.63) is 40.9 Å². The van der Waals surface area contributed by atoms with Gasteiger partial charge in [-0.1, -0.05) is 6.58 Å². The monoisotopic (exact) mass is 205 g/mol. The topological polar surface area (TPSA) is 55.2 Å². The molecule has 0 spiro atoms. The number of hydrogen-bond acceptors (Lipinski definition) is 3. The number of nitrogens with one attached hydrogen (secondary N) is 1. The third kappa shape index (κ3) is 2.10. The van der Waals surface area contributed by atoms with Gasteiger partial charge in [-0.15, -0.1) is 0 Å². The molecule has 0 radical (unpaired) electrons.